The first-order valence-corrected chi connectivity index (χ1v) is 3.95. The lowest BCUT2D eigenvalue weighted by Gasteiger charge is -2.12. The molecule has 1 aromatic rings. The van der Waals surface area contributed by atoms with Gasteiger partial charge in [-0.2, -0.15) is 4.99 Å². The maximum absolute atomic E-state index is 5.06. The van der Waals surface area contributed by atoms with Gasteiger partial charge in [0.1, 0.15) is 0 Å². The smallest absolute Gasteiger partial charge is 0.189 e. The lowest BCUT2D eigenvalue weighted by atomic mass is 10.1. The largest absolute Gasteiger partial charge is 0.484 e. The minimum Gasteiger partial charge on any atom is -0.484 e. The van der Waals surface area contributed by atoms with Gasteiger partial charge in [0.2, 0.25) is 0 Å². The molecular formula is C9H10N2O. The van der Waals surface area contributed by atoms with E-state index in [4.69, 9.17) is 4.74 Å². The molecule has 0 aromatic carbocycles. The second kappa shape index (κ2) is 2.93. The van der Waals surface area contributed by atoms with Crippen LogP contribution >= 0.6 is 0 Å². The van der Waals surface area contributed by atoms with Gasteiger partial charge < -0.3 is 4.74 Å². The van der Waals surface area contributed by atoms with Crippen LogP contribution in [0.15, 0.2) is 23.3 Å². The van der Waals surface area contributed by atoms with Crippen LogP contribution < -0.4 is 0 Å². The van der Waals surface area contributed by atoms with E-state index in [1.54, 1.807) is 13.3 Å². The molecule has 0 spiro atoms. The molecule has 0 bridgehead atoms. The van der Waals surface area contributed by atoms with E-state index < -0.39 is 0 Å². The highest BCUT2D eigenvalue weighted by Gasteiger charge is 2.11. The number of hydrogen-bond donors (Lipinski definition) is 0. The maximum atomic E-state index is 5.06. The van der Waals surface area contributed by atoms with E-state index in [1.807, 2.05) is 6.07 Å². The van der Waals surface area contributed by atoms with E-state index in [9.17, 15) is 0 Å². The molecule has 0 atom stereocenters. The van der Waals surface area contributed by atoms with Gasteiger partial charge in [-0.25, -0.2) is 4.98 Å². The average Bonchev–Trinajstić information content (AvgIpc) is 2.17. The zero-order valence-electron chi connectivity index (χ0n) is 6.95. The molecule has 0 radical (unpaired) electrons. The van der Waals surface area contributed by atoms with Crippen LogP contribution in [0.1, 0.15) is 12.0 Å². The summed E-state index contributed by atoms with van der Waals surface area (Å²) in [6.45, 7) is 0. The SMILES string of the molecule is COC1=Nc2ncccc2CC1. The molecule has 1 aromatic heterocycles. The van der Waals surface area contributed by atoms with E-state index in [0.29, 0.717) is 0 Å². The van der Waals surface area contributed by atoms with Crippen molar-refractivity contribution >= 4 is 11.7 Å². The highest BCUT2D eigenvalue weighted by atomic mass is 16.5. The molecule has 0 fully saturated rings. The van der Waals surface area contributed by atoms with E-state index >= 15 is 0 Å². The molecule has 0 saturated heterocycles. The van der Waals surface area contributed by atoms with E-state index in [0.717, 1.165) is 24.6 Å². The molecule has 12 heavy (non-hydrogen) atoms. The molecule has 2 heterocycles. The van der Waals surface area contributed by atoms with Crippen molar-refractivity contribution < 1.29 is 4.74 Å². The molecule has 3 nitrogen and oxygen atoms in total. The van der Waals surface area contributed by atoms with Crippen molar-refractivity contribution in [3.8, 4) is 0 Å². The van der Waals surface area contributed by atoms with Crippen molar-refractivity contribution in [2.45, 2.75) is 12.8 Å². The number of hydrogen-bond acceptors (Lipinski definition) is 3. The minimum absolute atomic E-state index is 0.779. The number of aryl methyl sites for hydroxylation is 1. The number of fused-ring (bicyclic) bond motifs is 1. The van der Waals surface area contributed by atoms with Gasteiger partial charge >= 0.3 is 0 Å². The van der Waals surface area contributed by atoms with Crippen LogP contribution in [0.5, 0.6) is 0 Å². The highest BCUT2D eigenvalue weighted by Crippen LogP contribution is 2.22. The quantitative estimate of drug-likeness (QED) is 0.582. The summed E-state index contributed by atoms with van der Waals surface area (Å²) in [5.74, 6) is 1.59. The van der Waals surface area contributed by atoms with Gasteiger partial charge in [-0.15, -0.1) is 0 Å². The zero-order valence-corrected chi connectivity index (χ0v) is 6.95. The zero-order chi connectivity index (χ0) is 8.39. The predicted octanol–water partition coefficient (Wildman–Crippen LogP) is 1.70. The standard InChI is InChI=1S/C9H10N2O/c1-12-8-5-4-7-3-2-6-10-9(7)11-8/h2-3,6H,4-5H2,1H3. The minimum atomic E-state index is 0.779. The Hall–Kier alpha value is -1.38. The normalized spacial score (nSPS) is 14.9. The molecule has 0 unspecified atom stereocenters. The number of rotatable bonds is 0. The van der Waals surface area contributed by atoms with Gasteiger partial charge in [0.05, 0.1) is 7.11 Å². The molecule has 2 rings (SSSR count). The Morgan fingerprint density at radius 3 is 3.17 bits per heavy atom. The summed E-state index contributed by atoms with van der Waals surface area (Å²) in [6.07, 6.45) is 3.62. The van der Waals surface area contributed by atoms with Crippen molar-refractivity contribution in [2.24, 2.45) is 4.99 Å². The van der Waals surface area contributed by atoms with Crippen LogP contribution in [-0.2, 0) is 11.2 Å². The predicted molar refractivity (Wildman–Crippen MR) is 46.7 cm³/mol. The van der Waals surface area contributed by atoms with Crippen molar-refractivity contribution in [3.05, 3.63) is 23.9 Å². The molecule has 0 saturated carbocycles. The topological polar surface area (TPSA) is 34.5 Å². The van der Waals surface area contributed by atoms with Crippen LogP contribution in [0.4, 0.5) is 5.82 Å². The number of aromatic nitrogens is 1. The number of aliphatic imine (C=N–C) groups is 1. The Kier molecular flexibility index (Phi) is 1.78. The summed E-state index contributed by atoms with van der Waals surface area (Å²) >= 11 is 0. The van der Waals surface area contributed by atoms with Gasteiger partial charge in [-0.3, -0.25) is 0 Å². The van der Waals surface area contributed by atoms with Crippen molar-refractivity contribution in [3.63, 3.8) is 0 Å². The fraction of sp³-hybridized carbons (Fsp3) is 0.333. The van der Waals surface area contributed by atoms with Gasteiger partial charge in [0, 0.05) is 12.6 Å². The fourth-order valence-electron chi connectivity index (χ4n) is 1.29. The first-order valence-electron chi connectivity index (χ1n) is 3.95. The highest BCUT2D eigenvalue weighted by molar-refractivity contribution is 5.81. The van der Waals surface area contributed by atoms with Crippen molar-refractivity contribution in [1.82, 2.24) is 4.98 Å². The van der Waals surface area contributed by atoms with Crippen LogP contribution in [0, 0.1) is 0 Å². The summed E-state index contributed by atoms with van der Waals surface area (Å²) in [6, 6.07) is 3.99. The average molecular weight is 162 g/mol. The number of pyridine rings is 1. The third-order valence-electron chi connectivity index (χ3n) is 1.94. The van der Waals surface area contributed by atoms with Crippen LogP contribution in [0.2, 0.25) is 0 Å². The first-order chi connectivity index (χ1) is 5.90. The molecular weight excluding hydrogens is 152 g/mol. The molecule has 1 aliphatic heterocycles. The number of ether oxygens (including phenoxy) is 1. The second-order valence-corrected chi connectivity index (χ2v) is 2.70. The third kappa shape index (κ3) is 1.18. The van der Waals surface area contributed by atoms with Crippen LogP contribution in [0.25, 0.3) is 0 Å². The molecule has 0 amide bonds. The number of nitrogens with zero attached hydrogens (tertiary/aromatic N) is 2. The van der Waals surface area contributed by atoms with Gasteiger partial charge in [0.15, 0.2) is 11.7 Å². The first kappa shape index (κ1) is 7.28. The van der Waals surface area contributed by atoms with E-state index in [1.165, 1.54) is 5.56 Å². The fourth-order valence-corrected chi connectivity index (χ4v) is 1.29. The Bertz CT molecular complexity index is 320. The van der Waals surface area contributed by atoms with Crippen LogP contribution in [-0.4, -0.2) is 18.0 Å². The third-order valence-corrected chi connectivity index (χ3v) is 1.94. The lowest BCUT2D eigenvalue weighted by molar-refractivity contribution is 0.388. The summed E-state index contributed by atoms with van der Waals surface area (Å²) in [5, 5.41) is 0. The van der Waals surface area contributed by atoms with Crippen molar-refractivity contribution in [2.75, 3.05) is 7.11 Å². The lowest BCUT2D eigenvalue weighted by Crippen LogP contribution is -2.08. The maximum Gasteiger partial charge on any atom is 0.189 e. The Labute approximate surface area is 71.1 Å². The van der Waals surface area contributed by atoms with Crippen LogP contribution in [0.3, 0.4) is 0 Å². The van der Waals surface area contributed by atoms with E-state index in [2.05, 4.69) is 16.0 Å². The summed E-state index contributed by atoms with van der Waals surface area (Å²) in [7, 11) is 1.65. The molecule has 1 aliphatic rings. The van der Waals surface area contributed by atoms with Gasteiger partial charge in [-0.1, -0.05) is 6.07 Å². The number of methoxy groups -OCH3 is 1. The summed E-state index contributed by atoms with van der Waals surface area (Å²) in [4.78, 5) is 8.40. The Morgan fingerprint density at radius 1 is 1.42 bits per heavy atom. The van der Waals surface area contributed by atoms with Gasteiger partial charge in [0.25, 0.3) is 0 Å². The summed E-state index contributed by atoms with van der Waals surface area (Å²) < 4.78 is 5.06. The second-order valence-electron chi connectivity index (χ2n) is 2.70. The molecule has 62 valence electrons. The summed E-state index contributed by atoms with van der Waals surface area (Å²) in [5.41, 5.74) is 1.21. The monoisotopic (exact) mass is 162 g/mol. The molecule has 0 N–H and O–H groups in total. The molecule has 0 aliphatic carbocycles. The molecule has 3 heteroatoms. The Balaban J connectivity index is 2.41. The van der Waals surface area contributed by atoms with E-state index in [-0.39, 0.29) is 0 Å². The van der Waals surface area contributed by atoms with Crippen molar-refractivity contribution in [1.29, 1.82) is 0 Å². The Morgan fingerprint density at radius 2 is 2.33 bits per heavy atom. The van der Waals surface area contributed by atoms with Gasteiger partial charge in [-0.05, 0) is 18.1 Å².